The van der Waals surface area contributed by atoms with Gasteiger partial charge < -0.3 is 10.2 Å². The third-order valence-electron chi connectivity index (χ3n) is 3.62. The van der Waals surface area contributed by atoms with E-state index in [0.29, 0.717) is 0 Å². The summed E-state index contributed by atoms with van der Waals surface area (Å²) in [6, 6.07) is 20.6. The number of aromatic hydroxyl groups is 2. The molecule has 0 atom stereocenters. The molecule has 3 aromatic rings. The Labute approximate surface area is 123 Å². The number of hydrogen-bond donors (Lipinski definition) is 2. The molecule has 2 nitrogen and oxygen atoms in total. The zero-order valence-electron chi connectivity index (χ0n) is 11.7. The van der Waals surface area contributed by atoms with Crippen molar-refractivity contribution >= 4 is 0 Å². The van der Waals surface area contributed by atoms with Crippen molar-refractivity contribution in [1.82, 2.24) is 0 Å². The maximum absolute atomic E-state index is 10.1. The molecule has 21 heavy (non-hydrogen) atoms. The Balaban J connectivity index is 2.16. The predicted molar refractivity (Wildman–Crippen MR) is 85.4 cm³/mol. The molecule has 3 aromatic carbocycles. The summed E-state index contributed by atoms with van der Waals surface area (Å²) in [7, 11) is 0. The highest BCUT2D eigenvalue weighted by atomic mass is 16.3. The van der Waals surface area contributed by atoms with Crippen LogP contribution in [-0.2, 0) is 0 Å². The average Bonchev–Trinajstić information content (AvgIpc) is 2.48. The Morgan fingerprint density at radius 3 is 2.10 bits per heavy atom. The number of hydrogen-bond acceptors (Lipinski definition) is 2. The second-order valence-corrected chi connectivity index (χ2v) is 5.07. The molecule has 0 bridgehead atoms. The quantitative estimate of drug-likeness (QED) is 0.709. The molecule has 0 aliphatic heterocycles. The summed E-state index contributed by atoms with van der Waals surface area (Å²) in [5.41, 5.74) is 4.49. The highest BCUT2D eigenvalue weighted by Gasteiger charge is 2.09. The van der Waals surface area contributed by atoms with Gasteiger partial charge in [-0.3, -0.25) is 0 Å². The SMILES string of the molecule is Cc1cccc(O)c1-c1cccc(-c2ccccc2O)c1. The van der Waals surface area contributed by atoms with E-state index in [2.05, 4.69) is 0 Å². The van der Waals surface area contributed by atoms with Crippen LogP contribution >= 0.6 is 0 Å². The van der Waals surface area contributed by atoms with Gasteiger partial charge in [-0.25, -0.2) is 0 Å². The maximum atomic E-state index is 10.1. The lowest BCUT2D eigenvalue weighted by Crippen LogP contribution is -1.86. The minimum absolute atomic E-state index is 0.253. The molecular formula is C19H16O2. The van der Waals surface area contributed by atoms with E-state index < -0.39 is 0 Å². The standard InChI is InChI=1S/C19H16O2/c1-13-6-4-11-18(21)19(13)15-8-5-7-14(12-15)16-9-2-3-10-17(16)20/h2-12,20-21H,1H3. The van der Waals surface area contributed by atoms with Crippen LogP contribution in [0, 0.1) is 6.92 Å². The van der Waals surface area contributed by atoms with Gasteiger partial charge in [0.1, 0.15) is 11.5 Å². The van der Waals surface area contributed by atoms with Gasteiger partial charge in [-0.05, 0) is 41.8 Å². The van der Waals surface area contributed by atoms with Crippen LogP contribution in [0.1, 0.15) is 5.56 Å². The van der Waals surface area contributed by atoms with Gasteiger partial charge in [0, 0.05) is 11.1 Å². The van der Waals surface area contributed by atoms with Crippen LogP contribution in [0.2, 0.25) is 0 Å². The summed E-state index contributed by atoms with van der Waals surface area (Å²) >= 11 is 0. The molecule has 0 aromatic heterocycles. The topological polar surface area (TPSA) is 40.5 Å². The van der Waals surface area contributed by atoms with Gasteiger partial charge in [-0.2, -0.15) is 0 Å². The molecule has 0 fully saturated rings. The van der Waals surface area contributed by atoms with Gasteiger partial charge in [0.2, 0.25) is 0 Å². The van der Waals surface area contributed by atoms with Crippen LogP contribution in [0.5, 0.6) is 11.5 Å². The number of phenols is 2. The molecule has 0 heterocycles. The number of para-hydroxylation sites is 1. The number of benzene rings is 3. The summed E-state index contributed by atoms with van der Waals surface area (Å²) in [6.45, 7) is 1.97. The first kappa shape index (κ1) is 13.3. The minimum Gasteiger partial charge on any atom is -0.507 e. The highest BCUT2D eigenvalue weighted by Crippen LogP contribution is 2.36. The van der Waals surface area contributed by atoms with Crippen molar-refractivity contribution in [2.45, 2.75) is 6.92 Å². The third kappa shape index (κ3) is 2.48. The van der Waals surface area contributed by atoms with E-state index in [0.717, 1.165) is 27.8 Å². The Morgan fingerprint density at radius 2 is 1.33 bits per heavy atom. The molecule has 0 saturated heterocycles. The van der Waals surface area contributed by atoms with Crippen molar-refractivity contribution in [2.24, 2.45) is 0 Å². The highest BCUT2D eigenvalue weighted by molar-refractivity contribution is 5.79. The first-order valence-electron chi connectivity index (χ1n) is 6.84. The fourth-order valence-electron chi connectivity index (χ4n) is 2.59. The fraction of sp³-hybridized carbons (Fsp3) is 0.0526. The largest absolute Gasteiger partial charge is 0.507 e. The third-order valence-corrected chi connectivity index (χ3v) is 3.62. The van der Waals surface area contributed by atoms with Gasteiger partial charge in [-0.15, -0.1) is 0 Å². The van der Waals surface area contributed by atoms with Crippen LogP contribution in [0.15, 0.2) is 66.7 Å². The van der Waals surface area contributed by atoms with E-state index in [1.54, 1.807) is 18.2 Å². The van der Waals surface area contributed by atoms with Crippen LogP contribution in [0.3, 0.4) is 0 Å². The van der Waals surface area contributed by atoms with Crippen molar-refractivity contribution in [3.63, 3.8) is 0 Å². The van der Waals surface area contributed by atoms with Crippen molar-refractivity contribution < 1.29 is 10.2 Å². The molecule has 2 N–H and O–H groups in total. The lowest BCUT2D eigenvalue weighted by Gasteiger charge is -2.11. The van der Waals surface area contributed by atoms with E-state index in [4.69, 9.17) is 0 Å². The average molecular weight is 276 g/mol. The lowest BCUT2D eigenvalue weighted by atomic mass is 9.95. The van der Waals surface area contributed by atoms with E-state index in [9.17, 15) is 10.2 Å². The monoisotopic (exact) mass is 276 g/mol. The van der Waals surface area contributed by atoms with E-state index >= 15 is 0 Å². The first-order valence-corrected chi connectivity index (χ1v) is 6.84. The van der Waals surface area contributed by atoms with Crippen molar-refractivity contribution in [2.75, 3.05) is 0 Å². The number of rotatable bonds is 2. The molecule has 0 radical (unpaired) electrons. The fourth-order valence-corrected chi connectivity index (χ4v) is 2.59. The van der Waals surface area contributed by atoms with Gasteiger partial charge >= 0.3 is 0 Å². The molecule has 0 saturated carbocycles. The molecule has 0 amide bonds. The van der Waals surface area contributed by atoms with Crippen molar-refractivity contribution in [3.8, 4) is 33.8 Å². The minimum atomic E-state index is 0.253. The number of aryl methyl sites for hydroxylation is 1. The molecule has 2 heteroatoms. The summed E-state index contributed by atoms with van der Waals surface area (Å²) in [6.07, 6.45) is 0. The van der Waals surface area contributed by atoms with Crippen molar-refractivity contribution in [3.05, 3.63) is 72.3 Å². The summed E-state index contributed by atoms with van der Waals surface area (Å²) in [5.74, 6) is 0.521. The van der Waals surface area contributed by atoms with Crippen LogP contribution in [-0.4, -0.2) is 10.2 Å². The molecule has 104 valence electrons. The number of phenolic OH excluding ortho intramolecular Hbond substituents is 2. The van der Waals surface area contributed by atoms with E-state index in [1.165, 1.54) is 0 Å². The Bertz CT molecular complexity index is 771. The van der Waals surface area contributed by atoms with Crippen molar-refractivity contribution in [1.29, 1.82) is 0 Å². The molecule has 0 aliphatic carbocycles. The summed E-state index contributed by atoms with van der Waals surface area (Å²) in [5, 5.41) is 20.1. The molecular weight excluding hydrogens is 260 g/mol. The van der Waals surface area contributed by atoms with Gasteiger partial charge in [0.15, 0.2) is 0 Å². The van der Waals surface area contributed by atoms with Gasteiger partial charge in [0.05, 0.1) is 0 Å². The predicted octanol–water partition coefficient (Wildman–Crippen LogP) is 4.74. The first-order chi connectivity index (χ1) is 10.2. The molecule has 0 aliphatic rings. The maximum Gasteiger partial charge on any atom is 0.123 e. The van der Waals surface area contributed by atoms with Gasteiger partial charge in [0.25, 0.3) is 0 Å². The Kier molecular flexibility index (Phi) is 3.36. The van der Waals surface area contributed by atoms with Crippen LogP contribution in [0.4, 0.5) is 0 Å². The van der Waals surface area contributed by atoms with E-state index in [1.807, 2.05) is 55.5 Å². The van der Waals surface area contributed by atoms with Gasteiger partial charge in [-0.1, -0.05) is 48.5 Å². The zero-order valence-corrected chi connectivity index (χ0v) is 11.7. The zero-order chi connectivity index (χ0) is 14.8. The molecule has 0 unspecified atom stereocenters. The van der Waals surface area contributed by atoms with E-state index in [-0.39, 0.29) is 11.5 Å². The summed E-state index contributed by atoms with van der Waals surface area (Å²) < 4.78 is 0. The lowest BCUT2D eigenvalue weighted by molar-refractivity contribution is 0.477. The normalized spacial score (nSPS) is 10.5. The van der Waals surface area contributed by atoms with Crippen LogP contribution < -0.4 is 0 Å². The Morgan fingerprint density at radius 1 is 0.667 bits per heavy atom. The second-order valence-electron chi connectivity index (χ2n) is 5.07. The smallest absolute Gasteiger partial charge is 0.123 e. The Hall–Kier alpha value is -2.74. The second kappa shape index (κ2) is 5.33. The summed E-state index contributed by atoms with van der Waals surface area (Å²) in [4.78, 5) is 0. The molecule has 0 spiro atoms. The molecule has 3 rings (SSSR count). The van der Waals surface area contributed by atoms with Crippen LogP contribution in [0.25, 0.3) is 22.3 Å².